The normalized spacial score (nSPS) is 22.4. The number of halogens is 3. The average molecular weight is 527 g/mol. The van der Waals surface area contributed by atoms with Crippen LogP contribution in [0.4, 0.5) is 13.2 Å². The summed E-state index contributed by atoms with van der Waals surface area (Å²) in [6.45, 7) is 5.19. The standard InChI is InChI=1S/C30H37F3N4O/c1-20(2)35(3)19-29(38)25-16-22(31)6-9-27(25)37-18-26(24-10-13-34-17-28(24)37)21-4-7-23(8-5-21)36-14-11-30(32,33)12-15-36/h6,9-10,13,16-18,20-21,23H,4-5,7-8,11-12,14-15,19H2,1-3H3. The van der Waals surface area contributed by atoms with Crippen LogP contribution in [0.5, 0.6) is 0 Å². The van der Waals surface area contributed by atoms with Gasteiger partial charge in [-0.2, -0.15) is 0 Å². The lowest BCUT2D eigenvalue weighted by Gasteiger charge is -2.40. The van der Waals surface area contributed by atoms with Gasteiger partial charge in [-0.05, 0) is 82.3 Å². The van der Waals surface area contributed by atoms with E-state index in [1.807, 2.05) is 36.4 Å². The number of carbonyl (C=O) groups is 1. The largest absolute Gasteiger partial charge is 0.314 e. The fraction of sp³-hybridized carbons (Fsp3) is 0.533. The second-order valence-electron chi connectivity index (χ2n) is 11.3. The second-order valence-corrected chi connectivity index (χ2v) is 11.3. The van der Waals surface area contributed by atoms with E-state index < -0.39 is 11.7 Å². The van der Waals surface area contributed by atoms with Gasteiger partial charge in [0, 0.05) is 61.4 Å². The molecule has 0 bridgehead atoms. The van der Waals surface area contributed by atoms with Crippen molar-refractivity contribution in [2.75, 3.05) is 26.7 Å². The summed E-state index contributed by atoms with van der Waals surface area (Å²) in [5.74, 6) is -2.76. The molecule has 8 heteroatoms. The molecule has 204 valence electrons. The molecule has 1 aromatic carbocycles. The highest BCUT2D eigenvalue weighted by molar-refractivity contribution is 6.01. The highest BCUT2D eigenvalue weighted by Gasteiger charge is 2.37. The number of likely N-dealkylation sites (N-methyl/N-ethyl adjacent to an activating group) is 1. The van der Waals surface area contributed by atoms with Gasteiger partial charge < -0.3 is 4.57 Å². The number of ketones is 1. The van der Waals surface area contributed by atoms with Crippen molar-refractivity contribution in [1.29, 1.82) is 0 Å². The minimum atomic E-state index is -2.52. The van der Waals surface area contributed by atoms with Crippen molar-refractivity contribution >= 4 is 16.7 Å². The first-order chi connectivity index (χ1) is 18.1. The maximum atomic E-state index is 14.3. The molecule has 3 aromatic rings. The van der Waals surface area contributed by atoms with Crippen LogP contribution in [-0.4, -0.2) is 69.8 Å². The molecule has 1 aliphatic carbocycles. The number of rotatable bonds is 7. The molecule has 0 radical (unpaired) electrons. The van der Waals surface area contributed by atoms with Crippen LogP contribution < -0.4 is 0 Å². The number of Topliss-reactive ketones (excluding diaryl/α,β-unsaturated/α-hetero) is 1. The molecular weight excluding hydrogens is 489 g/mol. The fourth-order valence-corrected chi connectivity index (χ4v) is 6.03. The van der Waals surface area contributed by atoms with Crippen LogP contribution in [-0.2, 0) is 0 Å². The molecule has 5 nitrogen and oxygen atoms in total. The first-order valence-electron chi connectivity index (χ1n) is 13.7. The maximum absolute atomic E-state index is 14.3. The van der Waals surface area contributed by atoms with Crippen LogP contribution in [0, 0.1) is 5.82 Å². The van der Waals surface area contributed by atoms with E-state index in [1.54, 1.807) is 18.5 Å². The van der Waals surface area contributed by atoms with Gasteiger partial charge in [-0.25, -0.2) is 13.2 Å². The van der Waals surface area contributed by atoms with Crippen molar-refractivity contribution in [3.8, 4) is 5.69 Å². The summed E-state index contributed by atoms with van der Waals surface area (Å²) >= 11 is 0. The number of likely N-dealkylation sites (tertiary alicyclic amines) is 1. The second kappa shape index (κ2) is 10.8. The third kappa shape index (κ3) is 5.52. The Balaban J connectivity index is 1.42. The van der Waals surface area contributed by atoms with E-state index in [2.05, 4.69) is 16.1 Å². The number of nitrogens with zero attached hydrogens (tertiary/aromatic N) is 4. The Morgan fingerprint density at radius 1 is 1.13 bits per heavy atom. The average Bonchev–Trinajstić information content (AvgIpc) is 3.28. The number of alkyl halides is 2. The lowest BCUT2D eigenvalue weighted by Crippen LogP contribution is -2.46. The third-order valence-electron chi connectivity index (χ3n) is 8.61. The fourth-order valence-electron chi connectivity index (χ4n) is 6.03. The van der Waals surface area contributed by atoms with Crippen LogP contribution in [0.15, 0.2) is 42.9 Å². The van der Waals surface area contributed by atoms with Crippen molar-refractivity contribution in [3.05, 3.63) is 59.8 Å². The van der Waals surface area contributed by atoms with Crippen LogP contribution in [0.3, 0.4) is 0 Å². The summed E-state index contributed by atoms with van der Waals surface area (Å²) < 4.78 is 43.6. The number of piperidine rings is 1. The first-order valence-corrected chi connectivity index (χ1v) is 13.7. The minimum Gasteiger partial charge on any atom is -0.314 e. The Hall–Kier alpha value is -2.71. The Bertz CT molecular complexity index is 1290. The molecule has 1 saturated carbocycles. The molecule has 1 aliphatic heterocycles. The molecule has 1 saturated heterocycles. The maximum Gasteiger partial charge on any atom is 0.250 e. The number of hydrogen-bond acceptors (Lipinski definition) is 4. The van der Waals surface area contributed by atoms with Crippen LogP contribution in [0.1, 0.15) is 74.2 Å². The van der Waals surface area contributed by atoms with E-state index in [0.29, 0.717) is 36.3 Å². The number of fused-ring (bicyclic) bond motifs is 1. The molecule has 0 amide bonds. The molecule has 0 atom stereocenters. The number of benzene rings is 1. The van der Waals surface area contributed by atoms with Crippen molar-refractivity contribution < 1.29 is 18.0 Å². The molecule has 38 heavy (non-hydrogen) atoms. The summed E-state index contributed by atoms with van der Waals surface area (Å²) in [5.41, 5.74) is 3.10. The highest BCUT2D eigenvalue weighted by Crippen LogP contribution is 2.41. The topological polar surface area (TPSA) is 41.4 Å². The zero-order valence-corrected chi connectivity index (χ0v) is 22.5. The molecule has 0 unspecified atom stereocenters. The van der Waals surface area contributed by atoms with Gasteiger partial charge in [-0.1, -0.05) is 0 Å². The van der Waals surface area contributed by atoms with E-state index in [1.165, 1.54) is 17.7 Å². The number of pyridine rings is 1. The lowest BCUT2D eigenvalue weighted by atomic mass is 9.80. The molecule has 2 aromatic heterocycles. The van der Waals surface area contributed by atoms with Gasteiger partial charge in [0.1, 0.15) is 5.82 Å². The molecule has 0 N–H and O–H groups in total. The monoisotopic (exact) mass is 526 g/mol. The third-order valence-corrected chi connectivity index (χ3v) is 8.61. The number of carbonyl (C=O) groups excluding carboxylic acids is 1. The van der Waals surface area contributed by atoms with E-state index >= 15 is 0 Å². The van der Waals surface area contributed by atoms with Gasteiger partial charge >= 0.3 is 0 Å². The summed E-state index contributed by atoms with van der Waals surface area (Å²) in [4.78, 5) is 21.8. The predicted octanol–water partition coefficient (Wildman–Crippen LogP) is 6.44. The van der Waals surface area contributed by atoms with Gasteiger partial charge in [0.2, 0.25) is 0 Å². The molecule has 2 fully saturated rings. The van der Waals surface area contributed by atoms with Gasteiger partial charge in [-0.15, -0.1) is 0 Å². The number of hydrogen-bond donors (Lipinski definition) is 0. The van der Waals surface area contributed by atoms with E-state index in [-0.39, 0.29) is 31.2 Å². The van der Waals surface area contributed by atoms with Crippen molar-refractivity contribution in [3.63, 3.8) is 0 Å². The van der Waals surface area contributed by atoms with Crippen LogP contribution >= 0.6 is 0 Å². The van der Waals surface area contributed by atoms with Crippen LogP contribution in [0.2, 0.25) is 0 Å². The molecule has 0 spiro atoms. The molecular formula is C30H37F3N4O. The summed E-state index contributed by atoms with van der Waals surface area (Å²) in [6.07, 6.45) is 9.51. The van der Waals surface area contributed by atoms with E-state index in [9.17, 15) is 18.0 Å². The van der Waals surface area contributed by atoms with E-state index in [0.717, 1.165) is 36.6 Å². The van der Waals surface area contributed by atoms with Gasteiger partial charge in [0.15, 0.2) is 5.78 Å². The molecule has 5 rings (SSSR count). The zero-order valence-electron chi connectivity index (χ0n) is 22.5. The van der Waals surface area contributed by atoms with Gasteiger partial charge in [0.25, 0.3) is 5.92 Å². The molecule has 3 heterocycles. The number of aromatic nitrogens is 2. The Morgan fingerprint density at radius 2 is 1.84 bits per heavy atom. The summed E-state index contributed by atoms with van der Waals surface area (Å²) in [7, 11) is 1.89. The smallest absolute Gasteiger partial charge is 0.250 e. The van der Waals surface area contributed by atoms with Crippen molar-refractivity contribution in [2.45, 2.75) is 76.3 Å². The van der Waals surface area contributed by atoms with Crippen LogP contribution in [0.25, 0.3) is 16.6 Å². The Labute approximate surface area is 222 Å². The Kier molecular flexibility index (Phi) is 7.65. The van der Waals surface area contributed by atoms with Crippen molar-refractivity contribution in [2.24, 2.45) is 0 Å². The quantitative estimate of drug-likeness (QED) is 0.332. The minimum absolute atomic E-state index is 0.0426. The van der Waals surface area contributed by atoms with Gasteiger partial charge in [-0.3, -0.25) is 19.6 Å². The molecule has 2 aliphatic rings. The van der Waals surface area contributed by atoms with E-state index in [4.69, 9.17) is 0 Å². The van der Waals surface area contributed by atoms with Crippen molar-refractivity contribution in [1.82, 2.24) is 19.4 Å². The Morgan fingerprint density at radius 3 is 2.53 bits per heavy atom. The summed E-state index contributed by atoms with van der Waals surface area (Å²) in [6, 6.07) is 6.97. The summed E-state index contributed by atoms with van der Waals surface area (Å²) in [5, 5.41) is 1.09. The first kappa shape index (κ1) is 26.9. The lowest BCUT2D eigenvalue weighted by molar-refractivity contribution is -0.0659. The SMILES string of the molecule is CC(C)N(C)CC(=O)c1cc(F)ccc1-n1cc(C2CCC(N3CCC(F)(F)CC3)CC2)c2ccncc21. The van der Waals surface area contributed by atoms with Gasteiger partial charge in [0.05, 0.1) is 23.9 Å². The predicted molar refractivity (Wildman–Crippen MR) is 144 cm³/mol. The highest BCUT2D eigenvalue weighted by atomic mass is 19.3. The zero-order chi connectivity index (χ0) is 27.0.